The zero-order valence-electron chi connectivity index (χ0n) is 27.0. The molecule has 0 N–H and O–H groups in total. The number of benzene rings is 1. The van der Waals surface area contributed by atoms with Crippen LogP contribution in [0.3, 0.4) is 0 Å². The minimum Gasteiger partial charge on any atom is -0.463 e. The summed E-state index contributed by atoms with van der Waals surface area (Å²) in [6.45, 7) is 8.66. The Balaban J connectivity index is 1.21. The van der Waals surface area contributed by atoms with E-state index in [4.69, 9.17) is 37.9 Å². The molecule has 12 heteroatoms. The third-order valence-corrected chi connectivity index (χ3v) is 6.79. The van der Waals surface area contributed by atoms with E-state index in [1.807, 2.05) is 0 Å². The van der Waals surface area contributed by atoms with Crippen LogP contribution in [0.2, 0.25) is 0 Å². The SMILES string of the molecule is CCCCCCCCC(=O)OCCOCCOCCOCCOCCOCCOCCOCCN1C(=O)c2ccccc2C1=O. The fourth-order valence-electron chi connectivity index (χ4n) is 4.36. The Bertz CT molecular complexity index is 895. The molecule has 12 nitrogen and oxygen atoms in total. The summed E-state index contributed by atoms with van der Waals surface area (Å²) in [7, 11) is 0. The highest BCUT2D eigenvalue weighted by Gasteiger charge is 2.34. The van der Waals surface area contributed by atoms with Crippen LogP contribution in [0, 0.1) is 0 Å². The summed E-state index contributed by atoms with van der Waals surface area (Å²) in [5.41, 5.74) is 0.883. The molecular weight excluding hydrogens is 586 g/mol. The predicted octanol–water partition coefficient (Wildman–Crippen LogP) is 3.69. The molecule has 0 spiro atoms. The standard InChI is InChI=1S/C33H53NO11/c1-2-3-4-5-6-7-12-31(35)45-28-27-44-26-25-43-24-23-42-22-21-41-20-19-40-18-17-39-16-15-38-14-13-34-32(36)29-10-8-9-11-30(29)33(34)37/h8-11H,2-7,12-28H2,1H3. The number of esters is 1. The van der Waals surface area contributed by atoms with Crippen LogP contribution < -0.4 is 0 Å². The highest BCUT2D eigenvalue weighted by atomic mass is 16.6. The molecule has 0 bridgehead atoms. The van der Waals surface area contributed by atoms with Crippen molar-refractivity contribution in [1.82, 2.24) is 4.90 Å². The molecule has 2 amide bonds. The fourth-order valence-corrected chi connectivity index (χ4v) is 4.36. The van der Waals surface area contributed by atoms with Crippen molar-refractivity contribution in [3.05, 3.63) is 35.4 Å². The molecule has 1 aliphatic heterocycles. The van der Waals surface area contributed by atoms with Gasteiger partial charge in [0.2, 0.25) is 0 Å². The lowest BCUT2D eigenvalue weighted by molar-refractivity contribution is -0.145. The zero-order valence-corrected chi connectivity index (χ0v) is 27.0. The Kier molecular flexibility index (Phi) is 23.0. The van der Waals surface area contributed by atoms with E-state index in [1.165, 1.54) is 30.6 Å². The van der Waals surface area contributed by atoms with Gasteiger partial charge in [0, 0.05) is 6.42 Å². The summed E-state index contributed by atoms with van der Waals surface area (Å²) in [6.07, 6.45) is 7.38. The number of carbonyl (C=O) groups excluding carboxylic acids is 3. The van der Waals surface area contributed by atoms with Crippen LogP contribution in [0.1, 0.15) is 72.6 Å². The average molecular weight is 640 g/mol. The Labute approximate surface area is 267 Å². The van der Waals surface area contributed by atoms with Crippen molar-refractivity contribution in [3.63, 3.8) is 0 Å². The van der Waals surface area contributed by atoms with E-state index in [2.05, 4.69) is 6.92 Å². The Hall–Kier alpha value is -2.45. The number of rotatable bonds is 31. The number of hydrogen-bond donors (Lipinski definition) is 0. The molecular formula is C33H53NO11. The number of fused-ring (bicyclic) bond motifs is 1. The lowest BCUT2D eigenvalue weighted by atomic mass is 10.1. The number of ether oxygens (including phenoxy) is 8. The van der Waals surface area contributed by atoms with Crippen molar-refractivity contribution in [3.8, 4) is 0 Å². The van der Waals surface area contributed by atoms with Crippen LogP contribution in [0.25, 0.3) is 0 Å². The Morgan fingerprint density at radius 1 is 0.533 bits per heavy atom. The van der Waals surface area contributed by atoms with Gasteiger partial charge in [-0.2, -0.15) is 0 Å². The lowest BCUT2D eigenvalue weighted by Gasteiger charge is -2.13. The van der Waals surface area contributed by atoms with E-state index in [9.17, 15) is 14.4 Å². The molecule has 0 saturated heterocycles. The Morgan fingerprint density at radius 2 is 0.911 bits per heavy atom. The van der Waals surface area contributed by atoms with E-state index >= 15 is 0 Å². The number of amides is 2. The van der Waals surface area contributed by atoms with Gasteiger partial charge in [0.25, 0.3) is 11.8 Å². The van der Waals surface area contributed by atoms with Crippen LogP contribution in [-0.2, 0) is 42.7 Å². The average Bonchev–Trinajstić information content (AvgIpc) is 3.29. The van der Waals surface area contributed by atoms with Crippen molar-refractivity contribution in [2.45, 2.75) is 51.9 Å². The zero-order chi connectivity index (χ0) is 32.2. The van der Waals surface area contributed by atoms with Gasteiger partial charge in [-0.05, 0) is 18.6 Å². The lowest BCUT2D eigenvalue weighted by Crippen LogP contribution is -2.33. The van der Waals surface area contributed by atoms with Crippen LogP contribution in [-0.4, -0.2) is 128 Å². The van der Waals surface area contributed by atoms with Gasteiger partial charge >= 0.3 is 5.97 Å². The van der Waals surface area contributed by atoms with Gasteiger partial charge in [-0.3, -0.25) is 19.3 Å². The highest BCUT2D eigenvalue weighted by Crippen LogP contribution is 2.21. The highest BCUT2D eigenvalue weighted by molar-refractivity contribution is 6.21. The molecule has 256 valence electrons. The normalized spacial score (nSPS) is 12.7. The van der Waals surface area contributed by atoms with Gasteiger partial charge in [0.05, 0.1) is 110 Å². The number of hydrogen-bond acceptors (Lipinski definition) is 11. The second-order valence-corrected chi connectivity index (χ2v) is 10.3. The molecule has 0 aromatic heterocycles. The number of nitrogens with zero attached hydrogens (tertiary/aromatic N) is 1. The molecule has 45 heavy (non-hydrogen) atoms. The summed E-state index contributed by atoms with van der Waals surface area (Å²) < 4.78 is 43.4. The maximum absolute atomic E-state index is 12.3. The first-order chi connectivity index (χ1) is 22.1. The molecule has 0 radical (unpaired) electrons. The fraction of sp³-hybridized carbons (Fsp3) is 0.727. The van der Waals surface area contributed by atoms with Crippen molar-refractivity contribution in [2.75, 3.05) is 106 Å². The summed E-state index contributed by atoms with van der Waals surface area (Å²) in [5, 5.41) is 0. The van der Waals surface area contributed by atoms with E-state index in [0.29, 0.717) is 103 Å². The predicted molar refractivity (Wildman–Crippen MR) is 166 cm³/mol. The molecule has 1 heterocycles. The third kappa shape index (κ3) is 18.3. The van der Waals surface area contributed by atoms with Gasteiger partial charge in [-0.1, -0.05) is 51.2 Å². The van der Waals surface area contributed by atoms with Gasteiger partial charge in [-0.15, -0.1) is 0 Å². The van der Waals surface area contributed by atoms with Crippen molar-refractivity contribution in [1.29, 1.82) is 0 Å². The topological polar surface area (TPSA) is 128 Å². The van der Waals surface area contributed by atoms with Crippen LogP contribution in [0.4, 0.5) is 0 Å². The monoisotopic (exact) mass is 639 g/mol. The number of imide groups is 1. The number of carbonyl (C=O) groups is 3. The molecule has 0 atom stereocenters. The summed E-state index contributed by atoms with van der Waals surface area (Å²) >= 11 is 0. The van der Waals surface area contributed by atoms with E-state index < -0.39 is 0 Å². The van der Waals surface area contributed by atoms with Gasteiger partial charge in [0.1, 0.15) is 6.61 Å². The summed E-state index contributed by atoms with van der Waals surface area (Å²) in [5.74, 6) is -0.708. The number of unbranched alkanes of at least 4 members (excludes halogenated alkanes) is 5. The molecule has 0 unspecified atom stereocenters. The van der Waals surface area contributed by atoms with E-state index in [1.54, 1.807) is 24.3 Å². The van der Waals surface area contributed by atoms with Crippen LogP contribution in [0.5, 0.6) is 0 Å². The Morgan fingerprint density at radius 3 is 1.36 bits per heavy atom. The second-order valence-electron chi connectivity index (χ2n) is 10.3. The molecule has 0 saturated carbocycles. The van der Waals surface area contributed by atoms with Crippen molar-refractivity contribution in [2.24, 2.45) is 0 Å². The van der Waals surface area contributed by atoms with E-state index in [-0.39, 0.29) is 37.5 Å². The van der Waals surface area contributed by atoms with Crippen molar-refractivity contribution < 1.29 is 52.3 Å². The maximum Gasteiger partial charge on any atom is 0.305 e. The smallest absolute Gasteiger partial charge is 0.305 e. The summed E-state index contributed by atoms with van der Waals surface area (Å²) in [6, 6.07) is 6.81. The quantitative estimate of drug-likeness (QED) is 0.0670. The maximum atomic E-state index is 12.3. The van der Waals surface area contributed by atoms with Crippen LogP contribution >= 0.6 is 0 Å². The third-order valence-electron chi connectivity index (χ3n) is 6.79. The van der Waals surface area contributed by atoms with Crippen LogP contribution in [0.15, 0.2) is 24.3 Å². The molecule has 1 aromatic rings. The largest absolute Gasteiger partial charge is 0.463 e. The first-order valence-corrected chi connectivity index (χ1v) is 16.3. The van der Waals surface area contributed by atoms with Crippen molar-refractivity contribution >= 4 is 17.8 Å². The summed E-state index contributed by atoms with van der Waals surface area (Å²) in [4.78, 5) is 37.4. The first-order valence-electron chi connectivity index (χ1n) is 16.3. The second kappa shape index (κ2) is 26.7. The molecule has 0 aliphatic carbocycles. The molecule has 1 aliphatic rings. The first kappa shape index (κ1) is 38.7. The van der Waals surface area contributed by atoms with E-state index in [0.717, 1.165) is 12.8 Å². The molecule has 2 rings (SSSR count). The minimum absolute atomic E-state index is 0.151. The molecule has 1 aromatic carbocycles. The minimum atomic E-state index is -0.278. The van der Waals surface area contributed by atoms with Gasteiger partial charge in [0.15, 0.2) is 0 Å². The van der Waals surface area contributed by atoms with Gasteiger partial charge in [-0.25, -0.2) is 0 Å². The van der Waals surface area contributed by atoms with Gasteiger partial charge < -0.3 is 37.9 Å². The molecule has 0 fully saturated rings.